The minimum absolute atomic E-state index is 0.303. The molecular formula is C18H21BrN3O+. The van der Waals surface area contributed by atoms with E-state index < -0.39 is 0 Å². The van der Waals surface area contributed by atoms with Crippen LogP contribution in [0.4, 0.5) is 5.95 Å². The van der Waals surface area contributed by atoms with Crippen LogP contribution in [0.15, 0.2) is 46.9 Å². The predicted octanol–water partition coefficient (Wildman–Crippen LogP) is 4.34. The molecule has 0 aliphatic rings. The fourth-order valence-corrected chi connectivity index (χ4v) is 3.10. The van der Waals surface area contributed by atoms with Crippen LogP contribution < -0.4 is 9.88 Å². The van der Waals surface area contributed by atoms with Crippen molar-refractivity contribution in [2.45, 2.75) is 32.9 Å². The lowest BCUT2D eigenvalue weighted by Gasteiger charge is -2.06. The summed E-state index contributed by atoms with van der Waals surface area (Å²) in [6.45, 7) is 3.72. The van der Waals surface area contributed by atoms with E-state index in [0.29, 0.717) is 12.3 Å². The zero-order valence-electron chi connectivity index (χ0n) is 13.1. The highest BCUT2D eigenvalue weighted by molar-refractivity contribution is 9.10. The summed E-state index contributed by atoms with van der Waals surface area (Å²) in [6.07, 6.45) is 2.28. The summed E-state index contributed by atoms with van der Waals surface area (Å²) in [5, 5.41) is 13.4. The van der Waals surface area contributed by atoms with E-state index in [2.05, 4.69) is 55.9 Å². The van der Waals surface area contributed by atoms with Gasteiger partial charge in [0.05, 0.1) is 13.1 Å². The molecule has 0 saturated carbocycles. The molecule has 5 heteroatoms. The summed E-state index contributed by atoms with van der Waals surface area (Å²) in [6, 6.07) is 13.8. The van der Waals surface area contributed by atoms with Crippen LogP contribution in [0.5, 0.6) is 5.75 Å². The number of aromatic nitrogens is 2. The van der Waals surface area contributed by atoms with Crippen molar-refractivity contribution in [2.24, 2.45) is 0 Å². The van der Waals surface area contributed by atoms with Gasteiger partial charge in [-0.25, -0.2) is 9.55 Å². The Bertz CT molecular complexity index is 813. The molecule has 23 heavy (non-hydrogen) atoms. The second-order valence-electron chi connectivity index (χ2n) is 5.62. The summed E-state index contributed by atoms with van der Waals surface area (Å²) in [4.78, 5) is 3.44. The number of phenolic OH excluding ortho intramolecular Hbond substituents is 1. The quantitative estimate of drug-likeness (QED) is 0.562. The second kappa shape index (κ2) is 7.04. The Labute approximate surface area is 144 Å². The maximum Gasteiger partial charge on any atom is 0.356 e. The van der Waals surface area contributed by atoms with Gasteiger partial charge in [0.15, 0.2) is 0 Å². The second-order valence-corrected chi connectivity index (χ2v) is 6.54. The number of fused-ring (bicyclic) bond motifs is 1. The van der Waals surface area contributed by atoms with E-state index >= 15 is 0 Å². The molecule has 2 aromatic carbocycles. The van der Waals surface area contributed by atoms with Crippen molar-refractivity contribution in [3.63, 3.8) is 0 Å². The van der Waals surface area contributed by atoms with Gasteiger partial charge in [0.25, 0.3) is 0 Å². The fourth-order valence-electron chi connectivity index (χ4n) is 2.69. The maximum atomic E-state index is 9.99. The van der Waals surface area contributed by atoms with Gasteiger partial charge in [-0.2, -0.15) is 0 Å². The van der Waals surface area contributed by atoms with E-state index in [1.807, 2.05) is 18.2 Å². The predicted molar refractivity (Wildman–Crippen MR) is 96.5 cm³/mol. The molecule has 4 nitrogen and oxygen atoms in total. The average Bonchev–Trinajstić information content (AvgIpc) is 2.91. The van der Waals surface area contributed by atoms with Gasteiger partial charge >= 0.3 is 5.95 Å². The lowest BCUT2D eigenvalue weighted by Crippen LogP contribution is -2.36. The molecule has 1 heterocycles. The first-order valence-corrected chi connectivity index (χ1v) is 8.70. The summed E-state index contributed by atoms with van der Waals surface area (Å²) < 4.78 is 3.23. The molecule has 0 amide bonds. The number of unbranched alkanes of at least 4 members (excludes halogenated alkanes) is 1. The van der Waals surface area contributed by atoms with E-state index in [1.165, 1.54) is 5.52 Å². The molecule has 0 aliphatic carbocycles. The standard InChI is InChI=1S/C18H20BrN3O/c1-2-3-10-22-16-7-5-4-6-15(16)21-18(22)20-12-13-11-14(19)8-9-17(13)23/h4-9,11H,2-3,10,12H2,1H3,(H2,20,21,23)/p+1. The number of hydrogen-bond acceptors (Lipinski definition) is 2. The molecule has 0 spiro atoms. The highest BCUT2D eigenvalue weighted by Crippen LogP contribution is 2.22. The number of nitrogens with one attached hydrogen (secondary N) is 2. The third-order valence-corrected chi connectivity index (χ3v) is 4.43. The largest absolute Gasteiger partial charge is 0.508 e. The number of halogens is 1. The molecular weight excluding hydrogens is 354 g/mol. The van der Waals surface area contributed by atoms with Crippen LogP contribution in [-0.4, -0.2) is 10.1 Å². The monoisotopic (exact) mass is 374 g/mol. The molecule has 0 radical (unpaired) electrons. The van der Waals surface area contributed by atoms with E-state index in [9.17, 15) is 5.11 Å². The molecule has 0 bridgehead atoms. The highest BCUT2D eigenvalue weighted by Gasteiger charge is 2.16. The Morgan fingerprint density at radius 1 is 1.22 bits per heavy atom. The number of hydrogen-bond donors (Lipinski definition) is 3. The number of H-pyrrole nitrogens is 1. The van der Waals surface area contributed by atoms with Crippen molar-refractivity contribution in [1.29, 1.82) is 0 Å². The smallest absolute Gasteiger partial charge is 0.356 e. The first kappa shape index (κ1) is 15.9. The maximum absolute atomic E-state index is 9.99. The van der Waals surface area contributed by atoms with Crippen LogP contribution in [0.3, 0.4) is 0 Å². The molecule has 3 aromatic rings. The molecule has 1 aromatic heterocycles. The number of phenols is 1. The van der Waals surface area contributed by atoms with Crippen molar-refractivity contribution >= 4 is 32.9 Å². The van der Waals surface area contributed by atoms with Crippen molar-refractivity contribution in [2.75, 3.05) is 5.32 Å². The van der Waals surface area contributed by atoms with Gasteiger partial charge < -0.3 is 5.11 Å². The number of aryl methyl sites for hydroxylation is 1. The van der Waals surface area contributed by atoms with Gasteiger partial charge in [-0.15, -0.1) is 0 Å². The van der Waals surface area contributed by atoms with Crippen LogP contribution in [0.2, 0.25) is 0 Å². The Balaban J connectivity index is 1.88. The number of rotatable bonds is 6. The van der Waals surface area contributed by atoms with Gasteiger partial charge in [0, 0.05) is 10.0 Å². The van der Waals surface area contributed by atoms with Crippen molar-refractivity contribution < 1.29 is 9.67 Å². The van der Waals surface area contributed by atoms with E-state index in [1.54, 1.807) is 6.07 Å². The lowest BCUT2D eigenvalue weighted by molar-refractivity contribution is -0.657. The molecule has 3 rings (SSSR count). The molecule has 3 N–H and O–H groups in total. The minimum Gasteiger partial charge on any atom is -0.508 e. The first-order chi connectivity index (χ1) is 11.2. The van der Waals surface area contributed by atoms with Crippen molar-refractivity contribution in [3.8, 4) is 5.75 Å². The van der Waals surface area contributed by atoms with Crippen LogP contribution >= 0.6 is 15.9 Å². The molecule has 0 atom stereocenters. The molecule has 0 aliphatic heterocycles. The topological polar surface area (TPSA) is 51.9 Å². The molecule has 0 fully saturated rings. The number of anilines is 1. The Hall–Kier alpha value is -2.01. The fraction of sp³-hybridized carbons (Fsp3) is 0.278. The lowest BCUT2D eigenvalue weighted by atomic mass is 10.2. The number of benzene rings is 2. The van der Waals surface area contributed by atoms with Gasteiger partial charge in [-0.05, 0) is 36.8 Å². The highest BCUT2D eigenvalue weighted by atomic mass is 79.9. The number of nitrogens with zero attached hydrogens (tertiary/aromatic N) is 1. The van der Waals surface area contributed by atoms with E-state index in [-0.39, 0.29) is 0 Å². The average molecular weight is 375 g/mol. The van der Waals surface area contributed by atoms with Gasteiger partial charge in [0.2, 0.25) is 0 Å². The molecule has 0 saturated heterocycles. The summed E-state index contributed by atoms with van der Waals surface area (Å²) in [7, 11) is 0. The van der Waals surface area contributed by atoms with E-state index in [4.69, 9.17) is 0 Å². The zero-order chi connectivity index (χ0) is 16.2. The zero-order valence-corrected chi connectivity index (χ0v) is 14.7. The Kier molecular flexibility index (Phi) is 4.86. The number of aromatic amines is 1. The molecule has 120 valence electrons. The van der Waals surface area contributed by atoms with Gasteiger partial charge in [-0.1, -0.05) is 41.4 Å². The minimum atomic E-state index is 0.303. The number of aromatic hydroxyl groups is 1. The van der Waals surface area contributed by atoms with Crippen molar-refractivity contribution in [3.05, 3.63) is 52.5 Å². The van der Waals surface area contributed by atoms with Gasteiger partial charge in [-0.3, -0.25) is 5.32 Å². The third kappa shape index (κ3) is 3.50. The number of para-hydroxylation sites is 2. The summed E-state index contributed by atoms with van der Waals surface area (Å²) in [5.41, 5.74) is 3.17. The van der Waals surface area contributed by atoms with Crippen LogP contribution in [0, 0.1) is 0 Å². The summed E-state index contributed by atoms with van der Waals surface area (Å²) in [5.74, 6) is 1.27. The first-order valence-electron chi connectivity index (χ1n) is 7.91. The van der Waals surface area contributed by atoms with Crippen molar-refractivity contribution in [1.82, 2.24) is 4.98 Å². The normalized spacial score (nSPS) is 11.0. The molecule has 0 unspecified atom stereocenters. The van der Waals surface area contributed by atoms with Gasteiger partial charge in [0.1, 0.15) is 16.8 Å². The number of imidazole rings is 1. The van der Waals surface area contributed by atoms with Crippen LogP contribution in [-0.2, 0) is 13.1 Å². The Morgan fingerprint density at radius 2 is 2.04 bits per heavy atom. The van der Waals surface area contributed by atoms with E-state index in [0.717, 1.165) is 40.9 Å². The SMILES string of the molecule is CCCC[n+]1c(NCc2cc(Br)ccc2O)[nH]c2ccccc21. The Morgan fingerprint density at radius 3 is 2.87 bits per heavy atom. The van der Waals surface area contributed by atoms with Crippen LogP contribution in [0.25, 0.3) is 11.0 Å². The van der Waals surface area contributed by atoms with Crippen LogP contribution in [0.1, 0.15) is 25.3 Å². The summed E-state index contributed by atoms with van der Waals surface area (Å²) >= 11 is 3.45. The third-order valence-electron chi connectivity index (χ3n) is 3.94.